The number of benzene rings is 3. The van der Waals surface area contributed by atoms with Crippen molar-refractivity contribution in [3.05, 3.63) is 101 Å². The first kappa shape index (κ1) is 24.4. The van der Waals surface area contributed by atoms with Gasteiger partial charge in [-0.25, -0.2) is 0 Å². The van der Waals surface area contributed by atoms with Gasteiger partial charge in [0.05, 0.1) is 11.6 Å². The van der Waals surface area contributed by atoms with Gasteiger partial charge in [0, 0.05) is 11.3 Å². The normalized spacial score (nSPS) is 18.4. The van der Waals surface area contributed by atoms with Crippen LogP contribution in [0.5, 0.6) is 0 Å². The van der Waals surface area contributed by atoms with Gasteiger partial charge in [0.15, 0.2) is 5.78 Å². The topological polar surface area (TPSA) is 54.5 Å². The van der Waals surface area contributed by atoms with E-state index in [4.69, 9.17) is 0 Å². The number of ketones is 2. The SMILES string of the molecule is Cc1ccc(C(=O)C2C(=O)C(=O)N(c3ccc(C(F)(F)F)cc3)C2c2ccc(C(C)C)cc2)cc1. The fourth-order valence-corrected chi connectivity index (χ4v) is 4.34. The number of alkyl halides is 3. The monoisotopic (exact) mass is 479 g/mol. The van der Waals surface area contributed by atoms with Crippen LogP contribution in [0, 0.1) is 12.8 Å². The van der Waals surface area contributed by atoms with E-state index in [0.717, 1.165) is 40.3 Å². The molecular weight excluding hydrogens is 455 g/mol. The summed E-state index contributed by atoms with van der Waals surface area (Å²) < 4.78 is 39.3. The van der Waals surface area contributed by atoms with Crippen LogP contribution in [0.2, 0.25) is 0 Å². The van der Waals surface area contributed by atoms with Crippen molar-refractivity contribution < 1.29 is 27.6 Å². The van der Waals surface area contributed by atoms with Gasteiger partial charge in [-0.1, -0.05) is 67.9 Å². The zero-order valence-electron chi connectivity index (χ0n) is 19.5. The van der Waals surface area contributed by atoms with Crippen molar-refractivity contribution in [2.45, 2.75) is 38.9 Å². The standard InChI is InChI=1S/C28H24F3NO3/c1-16(2)18-8-10-19(11-9-18)24-23(25(33)20-6-4-17(3)5-7-20)26(34)27(35)32(24)22-14-12-21(13-15-22)28(29,30)31/h4-16,23-24H,1-3H3. The molecule has 1 amide bonds. The number of halogens is 3. The number of nitrogens with zero attached hydrogens (tertiary/aromatic N) is 1. The van der Waals surface area contributed by atoms with Crippen molar-refractivity contribution in [2.75, 3.05) is 4.90 Å². The third-order valence-corrected chi connectivity index (χ3v) is 6.34. The minimum Gasteiger partial charge on any atom is -0.297 e. The third kappa shape index (κ3) is 4.63. The van der Waals surface area contributed by atoms with Crippen molar-refractivity contribution in [2.24, 2.45) is 5.92 Å². The molecule has 0 N–H and O–H groups in total. The highest BCUT2D eigenvalue weighted by atomic mass is 19.4. The van der Waals surface area contributed by atoms with E-state index in [1.807, 2.05) is 32.9 Å². The molecule has 0 saturated carbocycles. The fraction of sp³-hybridized carbons (Fsp3) is 0.250. The quantitative estimate of drug-likeness (QED) is 0.245. The van der Waals surface area contributed by atoms with Crippen LogP contribution in [0.3, 0.4) is 0 Å². The first-order valence-electron chi connectivity index (χ1n) is 11.2. The van der Waals surface area contributed by atoms with Gasteiger partial charge in [-0.3, -0.25) is 19.3 Å². The van der Waals surface area contributed by atoms with Gasteiger partial charge < -0.3 is 0 Å². The summed E-state index contributed by atoms with van der Waals surface area (Å²) in [5.74, 6) is -3.39. The summed E-state index contributed by atoms with van der Waals surface area (Å²) in [5.41, 5.74) is 2.06. The smallest absolute Gasteiger partial charge is 0.297 e. The molecule has 2 atom stereocenters. The lowest BCUT2D eigenvalue weighted by atomic mass is 9.85. The number of rotatable bonds is 5. The number of carbonyl (C=O) groups is 3. The van der Waals surface area contributed by atoms with E-state index >= 15 is 0 Å². The Morgan fingerprint density at radius 3 is 1.94 bits per heavy atom. The molecule has 0 aliphatic carbocycles. The Balaban J connectivity index is 1.82. The molecule has 3 aromatic carbocycles. The highest BCUT2D eigenvalue weighted by molar-refractivity contribution is 6.49. The second-order valence-corrected chi connectivity index (χ2v) is 9.06. The highest BCUT2D eigenvalue weighted by Gasteiger charge is 2.52. The van der Waals surface area contributed by atoms with E-state index in [1.165, 1.54) is 0 Å². The van der Waals surface area contributed by atoms with Gasteiger partial charge in [-0.2, -0.15) is 13.2 Å². The van der Waals surface area contributed by atoms with E-state index in [1.54, 1.807) is 36.4 Å². The largest absolute Gasteiger partial charge is 0.416 e. The molecule has 1 heterocycles. The molecule has 3 aromatic rings. The predicted molar refractivity (Wildman–Crippen MR) is 126 cm³/mol. The molecular formula is C28H24F3NO3. The van der Waals surface area contributed by atoms with Crippen LogP contribution >= 0.6 is 0 Å². The maximum absolute atomic E-state index is 13.5. The zero-order chi connectivity index (χ0) is 25.5. The highest BCUT2D eigenvalue weighted by Crippen LogP contribution is 2.42. The molecule has 0 bridgehead atoms. The number of hydrogen-bond acceptors (Lipinski definition) is 3. The maximum Gasteiger partial charge on any atom is 0.416 e. The summed E-state index contributed by atoms with van der Waals surface area (Å²) >= 11 is 0. The Morgan fingerprint density at radius 2 is 1.43 bits per heavy atom. The number of hydrogen-bond donors (Lipinski definition) is 0. The van der Waals surface area contributed by atoms with E-state index in [0.29, 0.717) is 11.1 Å². The predicted octanol–water partition coefficient (Wildman–Crippen LogP) is 6.29. The molecule has 1 aliphatic rings. The molecule has 0 radical (unpaired) electrons. The summed E-state index contributed by atoms with van der Waals surface area (Å²) in [4.78, 5) is 40.9. The van der Waals surface area contributed by atoms with Crippen molar-refractivity contribution in [1.29, 1.82) is 0 Å². The summed E-state index contributed by atoms with van der Waals surface area (Å²) in [6, 6.07) is 17.0. The maximum atomic E-state index is 13.5. The Kier molecular flexibility index (Phi) is 6.36. The van der Waals surface area contributed by atoms with Gasteiger partial charge in [0.25, 0.3) is 5.91 Å². The first-order chi connectivity index (χ1) is 16.5. The van der Waals surface area contributed by atoms with Crippen LogP contribution in [-0.4, -0.2) is 17.5 Å². The first-order valence-corrected chi connectivity index (χ1v) is 11.2. The lowest BCUT2D eigenvalue weighted by Crippen LogP contribution is -2.30. The van der Waals surface area contributed by atoms with Crippen LogP contribution in [0.25, 0.3) is 0 Å². The van der Waals surface area contributed by atoms with Crippen LogP contribution in [-0.2, 0) is 15.8 Å². The molecule has 0 spiro atoms. The number of aryl methyl sites for hydroxylation is 1. The molecule has 1 fully saturated rings. The summed E-state index contributed by atoms with van der Waals surface area (Å²) in [6.07, 6.45) is -4.54. The molecule has 0 aromatic heterocycles. The van der Waals surface area contributed by atoms with Crippen LogP contribution in [0.1, 0.15) is 58.4 Å². The molecule has 7 heteroatoms. The van der Waals surface area contributed by atoms with Crippen LogP contribution in [0.15, 0.2) is 72.8 Å². The van der Waals surface area contributed by atoms with E-state index in [9.17, 15) is 27.6 Å². The fourth-order valence-electron chi connectivity index (χ4n) is 4.34. The van der Waals surface area contributed by atoms with E-state index < -0.39 is 41.2 Å². The summed E-state index contributed by atoms with van der Waals surface area (Å²) in [5, 5.41) is 0. The second kappa shape index (κ2) is 9.13. The van der Waals surface area contributed by atoms with Gasteiger partial charge in [-0.05, 0) is 48.2 Å². The van der Waals surface area contributed by atoms with Crippen molar-refractivity contribution >= 4 is 23.2 Å². The van der Waals surface area contributed by atoms with Crippen molar-refractivity contribution in [1.82, 2.24) is 0 Å². The lowest BCUT2D eigenvalue weighted by molar-refractivity contribution is -0.137. The van der Waals surface area contributed by atoms with Crippen LogP contribution in [0.4, 0.5) is 18.9 Å². The average molecular weight is 479 g/mol. The minimum absolute atomic E-state index is 0.119. The van der Waals surface area contributed by atoms with Crippen molar-refractivity contribution in [3.63, 3.8) is 0 Å². The molecule has 4 rings (SSSR count). The van der Waals surface area contributed by atoms with Crippen LogP contribution < -0.4 is 4.90 Å². The third-order valence-electron chi connectivity index (χ3n) is 6.34. The Morgan fingerprint density at radius 1 is 0.857 bits per heavy atom. The number of anilines is 1. The summed E-state index contributed by atoms with van der Waals surface area (Å²) in [7, 11) is 0. The number of carbonyl (C=O) groups excluding carboxylic acids is 3. The number of Topliss-reactive ketones (excluding diaryl/α,β-unsaturated/α-hetero) is 2. The molecule has 180 valence electrons. The van der Waals surface area contributed by atoms with E-state index in [2.05, 4.69) is 0 Å². The van der Waals surface area contributed by atoms with Crippen molar-refractivity contribution in [3.8, 4) is 0 Å². The van der Waals surface area contributed by atoms with Gasteiger partial charge >= 0.3 is 6.18 Å². The molecule has 2 unspecified atom stereocenters. The molecule has 1 saturated heterocycles. The van der Waals surface area contributed by atoms with Gasteiger partial charge in [-0.15, -0.1) is 0 Å². The van der Waals surface area contributed by atoms with Gasteiger partial charge in [0.1, 0.15) is 5.92 Å². The zero-order valence-corrected chi connectivity index (χ0v) is 19.5. The lowest BCUT2D eigenvalue weighted by Gasteiger charge is -2.28. The van der Waals surface area contributed by atoms with Gasteiger partial charge in [0.2, 0.25) is 5.78 Å². The average Bonchev–Trinajstić information content (AvgIpc) is 3.09. The summed E-state index contributed by atoms with van der Waals surface area (Å²) in [6.45, 7) is 5.91. The Labute approximate surface area is 201 Å². The minimum atomic E-state index is -4.54. The Hall–Kier alpha value is -3.74. The molecule has 35 heavy (non-hydrogen) atoms. The molecule has 1 aliphatic heterocycles. The van der Waals surface area contributed by atoms with E-state index in [-0.39, 0.29) is 11.6 Å². The molecule has 4 nitrogen and oxygen atoms in total. The second-order valence-electron chi connectivity index (χ2n) is 9.06. The number of amides is 1. The Bertz CT molecular complexity index is 1260.